The van der Waals surface area contributed by atoms with Gasteiger partial charge in [-0.1, -0.05) is 17.7 Å². The maximum Gasteiger partial charge on any atom is 0.122 e. The highest BCUT2D eigenvalue weighted by Crippen LogP contribution is 2.31. The molecule has 2 N–H and O–H groups in total. The third-order valence-electron chi connectivity index (χ3n) is 3.49. The molecule has 0 bridgehead atoms. The Hall–Kier alpha value is -1.03. The summed E-state index contributed by atoms with van der Waals surface area (Å²) in [4.78, 5) is 1.13. The molecule has 1 aliphatic rings. The van der Waals surface area contributed by atoms with Crippen molar-refractivity contribution in [2.75, 3.05) is 0 Å². The Labute approximate surface area is 122 Å². The van der Waals surface area contributed by atoms with E-state index in [1.54, 1.807) is 11.3 Å². The van der Waals surface area contributed by atoms with Gasteiger partial charge in [-0.2, -0.15) is 0 Å². The Morgan fingerprint density at radius 3 is 3.00 bits per heavy atom. The molecule has 3 rings (SSSR count). The van der Waals surface area contributed by atoms with Crippen LogP contribution < -0.4 is 10.5 Å². The third-order valence-corrected chi connectivity index (χ3v) is 4.69. The first-order valence-corrected chi connectivity index (χ1v) is 7.67. The number of aryl methyl sites for hydroxylation is 1. The molecule has 1 heterocycles. The number of halogens is 1. The van der Waals surface area contributed by atoms with E-state index in [1.165, 1.54) is 17.5 Å². The van der Waals surface area contributed by atoms with Crippen LogP contribution in [0.5, 0.6) is 5.75 Å². The van der Waals surface area contributed by atoms with Crippen LogP contribution in [0.2, 0.25) is 4.34 Å². The van der Waals surface area contributed by atoms with Crippen molar-refractivity contribution >= 4 is 22.9 Å². The fourth-order valence-electron chi connectivity index (χ4n) is 2.49. The number of fused-ring (bicyclic) bond motifs is 1. The van der Waals surface area contributed by atoms with E-state index in [4.69, 9.17) is 22.1 Å². The van der Waals surface area contributed by atoms with E-state index in [9.17, 15) is 0 Å². The molecule has 2 aromatic rings. The van der Waals surface area contributed by atoms with Gasteiger partial charge in [-0.15, -0.1) is 11.3 Å². The summed E-state index contributed by atoms with van der Waals surface area (Å²) >= 11 is 7.45. The van der Waals surface area contributed by atoms with Crippen molar-refractivity contribution in [3.05, 3.63) is 50.7 Å². The van der Waals surface area contributed by atoms with Crippen LogP contribution in [-0.4, -0.2) is 0 Å². The first-order chi connectivity index (χ1) is 9.22. The summed E-state index contributed by atoms with van der Waals surface area (Å²) in [5.41, 5.74) is 8.76. The maximum atomic E-state index is 6.15. The number of ether oxygens (including phenoxy) is 1. The molecule has 1 aromatic heterocycles. The van der Waals surface area contributed by atoms with Gasteiger partial charge in [0.05, 0.1) is 4.34 Å². The molecule has 0 spiro atoms. The molecular formula is C15H16ClNOS. The molecule has 0 fully saturated rings. The van der Waals surface area contributed by atoms with Gasteiger partial charge in [0.25, 0.3) is 0 Å². The zero-order valence-corrected chi connectivity index (χ0v) is 12.1. The van der Waals surface area contributed by atoms with E-state index in [1.807, 2.05) is 18.2 Å². The SMILES string of the molecule is NC1CCCc2ccc(OCc3ccc(Cl)s3)cc21. The average molecular weight is 294 g/mol. The molecule has 1 aromatic carbocycles. The monoisotopic (exact) mass is 293 g/mol. The molecule has 0 radical (unpaired) electrons. The minimum absolute atomic E-state index is 0.156. The number of rotatable bonds is 3. The van der Waals surface area contributed by atoms with Crippen LogP contribution in [0.15, 0.2) is 30.3 Å². The smallest absolute Gasteiger partial charge is 0.122 e. The minimum Gasteiger partial charge on any atom is -0.488 e. The van der Waals surface area contributed by atoms with Crippen molar-refractivity contribution in [2.24, 2.45) is 5.73 Å². The second-order valence-electron chi connectivity index (χ2n) is 4.85. The zero-order valence-electron chi connectivity index (χ0n) is 10.6. The molecule has 0 aliphatic heterocycles. The van der Waals surface area contributed by atoms with Gasteiger partial charge < -0.3 is 10.5 Å². The van der Waals surface area contributed by atoms with Gasteiger partial charge in [0, 0.05) is 10.9 Å². The van der Waals surface area contributed by atoms with Crippen molar-refractivity contribution in [1.29, 1.82) is 0 Å². The van der Waals surface area contributed by atoms with Crippen LogP contribution in [0.4, 0.5) is 0 Å². The van der Waals surface area contributed by atoms with Crippen molar-refractivity contribution in [1.82, 2.24) is 0 Å². The zero-order chi connectivity index (χ0) is 13.2. The largest absolute Gasteiger partial charge is 0.488 e. The summed E-state index contributed by atoms with van der Waals surface area (Å²) in [5.74, 6) is 0.889. The molecule has 1 atom stereocenters. The lowest BCUT2D eigenvalue weighted by Gasteiger charge is -2.22. The number of thiophene rings is 1. The number of hydrogen-bond donors (Lipinski definition) is 1. The standard InChI is InChI=1S/C15H16ClNOS/c16-15-7-6-12(19-15)9-18-11-5-4-10-2-1-3-14(17)13(10)8-11/h4-8,14H,1-3,9,17H2. The first-order valence-electron chi connectivity index (χ1n) is 6.48. The highest BCUT2D eigenvalue weighted by Gasteiger charge is 2.17. The van der Waals surface area contributed by atoms with E-state index in [0.717, 1.165) is 27.8 Å². The molecule has 0 saturated heterocycles. The van der Waals surface area contributed by atoms with Gasteiger partial charge in [0.15, 0.2) is 0 Å². The van der Waals surface area contributed by atoms with Crippen LogP contribution in [0.3, 0.4) is 0 Å². The average Bonchev–Trinajstić information content (AvgIpc) is 2.83. The predicted molar refractivity (Wildman–Crippen MR) is 80.0 cm³/mol. The lowest BCUT2D eigenvalue weighted by atomic mass is 9.88. The fourth-order valence-corrected chi connectivity index (χ4v) is 3.49. The molecule has 19 heavy (non-hydrogen) atoms. The molecular weight excluding hydrogens is 278 g/mol. The van der Waals surface area contributed by atoms with Gasteiger partial charge in [0.1, 0.15) is 12.4 Å². The second-order valence-corrected chi connectivity index (χ2v) is 6.65. The normalized spacial score (nSPS) is 18.1. The van der Waals surface area contributed by atoms with E-state index in [0.29, 0.717) is 6.61 Å². The van der Waals surface area contributed by atoms with Gasteiger partial charge in [-0.3, -0.25) is 0 Å². The summed E-state index contributed by atoms with van der Waals surface area (Å²) in [6.45, 7) is 0.561. The third kappa shape index (κ3) is 2.94. The second kappa shape index (κ2) is 5.53. The highest BCUT2D eigenvalue weighted by atomic mass is 35.5. The Bertz CT molecular complexity index is 581. The lowest BCUT2D eigenvalue weighted by molar-refractivity contribution is 0.309. The van der Waals surface area contributed by atoms with Crippen LogP contribution in [-0.2, 0) is 13.0 Å². The van der Waals surface area contributed by atoms with Crippen molar-refractivity contribution in [3.8, 4) is 5.75 Å². The van der Waals surface area contributed by atoms with Gasteiger partial charge in [-0.25, -0.2) is 0 Å². The van der Waals surface area contributed by atoms with Crippen LogP contribution >= 0.6 is 22.9 Å². The quantitative estimate of drug-likeness (QED) is 0.915. The lowest BCUT2D eigenvalue weighted by Crippen LogP contribution is -2.17. The maximum absolute atomic E-state index is 6.15. The molecule has 4 heteroatoms. The van der Waals surface area contributed by atoms with E-state index < -0.39 is 0 Å². The van der Waals surface area contributed by atoms with E-state index >= 15 is 0 Å². The fraction of sp³-hybridized carbons (Fsp3) is 0.333. The van der Waals surface area contributed by atoms with Gasteiger partial charge in [-0.05, 0) is 54.7 Å². The van der Waals surface area contributed by atoms with E-state index in [2.05, 4.69) is 12.1 Å². The molecule has 0 saturated carbocycles. The van der Waals surface area contributed by atoms with Crippen molar-refractivity contribution in [3.63, 3.8) is 0 Å². The van der Waals surface area contributed by atoms with Crippen LogP contribution in [0.25, 0.3) is 0 Å². The molecule has 100 valence electrons. The highest BCUT2D eigenvalue weighted by molar-refractivity contribution is 7.16. The van der Waals surface area contributed by atoms with Crippen molar-refractivity contribution < 1.29 is 4.74 Å². The Morgan fingerprint density at radius 2 is 2.21 bits per heavy atom. The van der Waals surface area contributed by atoms with Gasteiger partial charge in [0.2, 0.25) is 0 Å². The van der Waals surface area contributed by atoms with Crippen molar-refractivity contribution in [2.45, 2.75) is 31.9 Å². The minimum atomic E-state index is 0.156. The van der Waals surface area contributed by atoms with Crippen LogP contribution in [0, 0.1) is 0 Å². The Balaban J connectivity index is 1.73. The first kappa shape index (κ1) is 13.0. The number of hydrogen-bond acceptors (Lipinski definition) is 3. The molecule has 0 amide bonds. The summed E-state index contributed by atoms with van der Waals surface area (Å²) < 4.78 is 6.61. The summed E-state index contributed by atoms with van der Waals surface area (Å²) in [7, 11) is 0. The Morgan fingerprint density at radius 1 is 1.32 bits per heavy atom. The number of benzene rings is 1. The molecule has 1 aliphatic carbocycles. The summed E-state index contributed by atoms with van der Waals surface area (Å²) in [6.07, 6.45) is 3.38. The molecule has 2 nitrogen and oxygen atoms in total. The molecule has 1 unspecified atom stereocenters. The van der Waals surface area contributed by atoms with Gasteiger partial charge >= 0.3 is 0 Å². The number of nitrogens with two attached hydrogens (primary N) is 1. The Kier molecular flexibility index (Phi) is 3.78. The summed E-state index contributed by atoms with van der Waals surface area (Å²) in [5, 5.41) is 0. The van der Waals surface area contributed by atoms with Crippen LogP contribution in [0.1, 0.15) is 34.9 Å². The summed E-state index contributed by atoms with van der Waals surface area (Å²) in [6, 6.07) is 10.3. The van der Waals surface area contributed by atoms with E-state index in [-0.39, 0.29) is 6.04 Å². The predicted octanol–water partition coefficient (Wildman–Crippen LogP) is 4.32. The topological polar surface area (TPSA) is 35.2 Å².